The van der Waals surface area contributed by atoms with Gasteiger partial charge in [0.25, 0.3) is 0 Å². The molecule has 4 aromatic rings. The highest BCUT2D eigenvalue weighted by Crippen LogP contribution is 2.29. The quantitative estimate of drug-likeness (QED) is 0.291. The van der Waals surface area contributed by atoms with Crippen LogP contribution in [0.5, 0.6) is 0 Å². The highest BCUT2D eigenvalue weighted by molar-refractivity contribution is 14.1. The molecule has 0 aliphatic carbocycles. The fraction of sp³-hybridized carbons (Fsp3) is 0.190. The van der Waals surface area contributed by atoms with E-state index in [-0.39, 0.29) is 5.56 Å². The molecule has 0 amide bonds. The van der Waals surface area contributed by atoms with Crippen LogP contribution in [0.3, 0.4) is 0 Å². The molecule has 0 unspecified atom stereocenters. The molecule has 8 nitrogen and oxygen atoms in total. The minimum absolute atomic E-state index is 0.314. The fourth-order valence-electron chi connectivity index (χ4n) is 3.42. The monoisotopic (exact) mass is 519 g/mol. The van der Waals surface area contributed by atoms with Crippen molar-refractivity contribution in [1.29, 1.82) is 0 Å². The third-order valence-electron chi connectivity index (χ3n) is 4.85. The number of hydrogen-bond donors (Lipinski definition) is 2. The Labute approximate surface area is 184 Å². The van der Waals surface area contributed by atoms with E-state index >= 15 is 0 Å². The van der Waals surface area contributed by atoms with Crippen molar-refractivity contribution in [3.05, 3.63) is 61.5 Å². The van der Waals surface area contributed by atoms with Gasteiger partial charge in [0.1, 0.15) is 11.1 Å². The molecular formula is C21H18IN3O5. The second-order valence-corrected chi connectivity index (χ2v) is 7.99. The molecule has 2 N–H and O–H groups in total. The minimum Gasteiger partial charge on any atom is -0.477 e. The average Bonchev–Trinajstić information content (AvgIpc) is 3.00. The lowest BCUT2D eigenvalue weighted by Gasteiger charge is -2.11. The van der Waals surface area contributed by atoms with Gasteiger partial charge in [-0.15, -0.1) is 0 Å². The summed E-state index contributed by atoms with van der Waals surface area (Å²) in [7, 11) is 1.62. The zero-order valence-corrected chi connectivity index (χ0v) is 18.4. The summed E-state index contributed by atoms with van der Waals surface area (Å²) in [5.41, 5.74) is 1.73. The molecule has 30 heavy (non-hydrogen) atoms. The summed E-state index contributed by atoms with van der Waals surface area (Å²) in [6.07, 6.45) is 0. The number of anilines is 2. The fourth-order valence-corrected chi connectivity index (χ4v) is 3.96. The molecular weight excluding hydrogens is 501 g/mol. The van der Waals surface area contributed by atoms with E-state index in [1.165, 1.54) is 0 Å². The first kappa shape index (κ1) is 20.4. The molecule has 2 aromatic carbocycles. The molecule has 0 atom stereocenters. The summed E-state index contributed by atoms with van der Waals surface area (Å²) >= 11 is 2.24. The molecule has 0 bridgehead atoms. The number of nitrogens with zero attached hydrogens (tertiary/aromatic N) is 2. The number of methoxy groups -OCH3 is 1. The number of carboxylic acid groups (broad SMARTS) is 1. The highest BCUT2D eigenvalue weighted by Gasteiger charge is 2.20. The van der Waals surface area contributed by atoms with E-state index in [2.05, 4.69) is 27.9 Å². The van der Waals surface area contributed by atoms with Crippen LogP contribution in [0.25, 0.3) is 22.0 Å². The number of nitrogens with one attached hydrogen (secondary N) is 1. The van der Waals surface area contributed by atoms with Crippen molar-refractivity contribution in [2.75, 3.05) is 19.0 Å². The SMILES string of the molecule is COCCn1c(Nc2cccc(I)c2)nc2cc3c(C)c(C(=O)O)c(=O)oc3cc21. The Morgan fingerprint density at radius 2 is 2.13 bits per heavy atom. The first-order valence-electron chi connectivity index (χ1n) is 9.11. The summed E-state index contributed by atoms with van der Waals surface area (Å²) in [5, 5.41) is 13.2. The van der Waals surface area contributed by atoms with Crippen molar-refractivity contribution >= 4 is 62.2 Å². The van der Waals surface area contributed by atoms with E-state index in [0.29, 0.717) is 41.1 Å². The molecule has 4 rings (SSSR count). The average molecular weight is 519 g/mol. The Morgan fingerprint density at radius 3 is 2.83 bits per heavy atom. The predicted octanol–water partition coefficient (Wildman–Crippen LogP) is 4.14. The van der Waals surface area contributed by atoms with E-state index in [4.69, 9.17) is 14.1 Å². The number of aromatic nitrogens is 2. The lowest BCUT2D eigenvalue weighted by molar-refractivity contribution is 0.0691. The Bertz CT molecular complexity index is 1340. The lowest BCUT2D eigenvalue weighted by atomic mass is 10.1. The number of hydrogen-bond acceptors (Lipinski definition) is 6. The van der Waals surface area contributed by atoms with Gasteiger partial charge in [0.2, 0.25) is 5.95 Å². The van der Waals surface area contributed by atoms with Crippen LogP contribution in [-0.2, 0) is 11.3 Å². The van der Waals surface area contributed by atoms with Crippen LogP contribution in [0.2, 0.25) is 0 Å². The Morgan fingerprint density at radius 1 is 1.33 bits per heavy atom. The maximum Gasteiger partial charge on any atom is 0.351 e. The van der Waals surface area contributed by atoms with Gasteiger partial charge in [-0.2, -0.15) is 0 Å². The van der Waals surface area contributed by atoms with Gasteiger partial charge in [-0.3, -0.25) is 0 Å². The normalized spacial score (nSPS) is 11.3. The van der Waals surface area contributed by atoms with Gasteiger partial charge in [0.05, 0.1) is 17.6 Å². The molecule has 0 radical (unpaired) electrons. The van der Waals surface area contributed by atoms with E-state index in [9.17, 15) is 14.7 Å². The van der Waals surface area contributed by atoms with E-state index in [1.807, 2.05) is 28.8 Å². The maximum atomic E-state index is 12.2. The van der Waals surface area contributed by atoms with Gasteiger partial charge in [0, 0.05) is 34.4 Å². The predicted molar refractivity (Wildman–Crippen MR) is 122 cm³/mol. The summed E-state index contributed by atoms with van der Waals surface area (Å²) in [6.45, 7) is 2.59. The topological polar surface area (TPSA) is 107 Å². The number of benzene rings is 2. The van der Waals surface area contributed by atoms with Gasteiger partial charge in [0.15, 0.2) is 0 Å². The summed E-state index contributed by atoms with van der Waals surface area (Å²) < 4.78 is 13.6. The van der Waals surface area contributed by atoms with Crippen molar-refractivity contribution in [2.24, 2.45) is 0 Å². The third kappa shape index (κ3) is 3.65. The molecule has 2 aromatic heterocycles. The number of fused-ring (bicyclic) bond motifs is 2. The number of halogens is 1. The van der Waals surface area contributed by atoms with Crippen LogP contribution in [0.15, 0.2) is 45.6 Å². The van der Waals surface area contributed by atoms with Crippen LogP contribution in [0, 0.1) is 10.5 Å². The van der Waals surface area contributed by atoms with Crippen molar-refractivity contribution in [3.63, 3.8) is 0 Å². The molecule has 0 saturated carbocycles. The van der Waals surface area contributed by atoms with Crippen molar-refractivity contribution in [2.45, 2.75) is 13.5 Å². The second kappa shape index (κ2) is 8.07. The minimum atomic E-state index is -1.31. The van der Waals surface area contributed by atoms with Gasteiger partial charge in [-0.25, -0.2) is 14.6 Å². The van der Waals surface area contributed by atoms with Gasteiger partial charge in [-0.05, 0) is 59.3 Å². The van der Waals surface area contributed by atoms with E-state index < -0.39 is 11.6 Å². The van der Waals surface area contributed by atoms with E-state index in [0.717, 1.165) is 14.8 Å². The first-order valence-corrected chi connectivity index (χ1v) is 10.2. The highest BCUT2D eigenvalue weighted by atomic mass is 127. The zero-order valence-electron chi connectivity index (χ0n) is 16.2. The standard InChI is InChI=1S/C21H18IN3O5/c1-11-14-9-15-16(10-17(14)30-20(28)18(11)19(26)27)25(6-7-29-2)21(24-15)23-13-5-3-4-12(22)8-13/h3-5,8-10H,6-7H2,1-2H3,(H,23,24)(H,26,27). The number of aromatic carboxylic acids is 1. The third-order valence-corrected chi connectivity index (χ3v) is 5.52. The summed E-state index contributed by atoms with van der Waals surface area (Å²) in [6, 6.07) is 11.4. The lowest BCUT2D eigenvalue weighted by Crippen LogP contribution is -2.15. The van der Waals surface area contributed by atoms with Gasteiger partial charge < -0.3 is 24.1 Å². The zero-order chi connectivity index (χ0) is 21.4. The van der Waals surface area contributed by atoms with Crippen molar-refractivity contribution < 1.29 is 19.1 Å². The molecule has 0 aliphatic rings. The van der Waals surface area contributed by atoms with Crippen LogP contribution in [-0.4, -0.2) is 34.3 Å². The number of ether oxygens (including phenoxy) is 1. The molecule has 0 spiro atoms. The largest absolute Gasteiger partial charge is 0.477 e. The smallest absolute Gasteiger partial charge is 0.351 e. The van der Waals surface area contributed by atoms with Crippen LogP contribution in [0.1, 0.15) is 15.9 Å². The Balaban J connectivity index is 1.93. The van der Waals surface area contributed by atoms with E-state index in [1.54, 1.807) is 26.2 Å². The van der Waals surface area contributed by atoms with Crippen LogP contribution < -0.4 is 10.9 Å². The summed E-state index contributed by atoms with van der Waals surface area (Å²) in [4.78, 5) is 28.3. The first-order chi connectivity index (χ1) is 14.4. The molecule has 2 heterocycles. The molecule has 0 fully saturated rings. The Hall–Kier alpha value is -2.92. The number of carboxylic acids is 1. The maximum absolute atomic E-state index is 12.2. The summed E-state index contributed by atoms with van der Waals surface area (Å²) in [5.74, 6) is -0.701. The number of rotatable bonds is 6. The van der Waals surface area contributed by atoms with Gasteiger partial charge in [-0.1, -0.05) is 6.07 Å². The molecule has 154 valence electrons. The number of aryl methyl sites for hydroxylation is 1. The van der Waals surface area contributed by atoms with Crippen molar-refractivity contribution in [3.8, 4) is 0 Å². The number of imidazole rings is 1. The second-order valence-electron chi connectivity index (χ2n) is 6.75. The van der Waals surface area contributed by atoms with Crippen LogP contribution >= 0.6 is 22.6 Å². The van der Waals surface area contributed by atoms with Crippen molar-refractivity contribution in [1.82, 2.24) is 9.55 Å². The van der Waals surface area contributed by atoms with Crippen LogP contribution in [0.4, 0.5) is 11.6 Å². The van der Waals surface area contributed by atoms with Gasteiger partial charge >= 0.3 is 11.6 Å². The molecule has 9 heteroatoms. The molecule has 0 aliphatic heterocycles. The molecule has 0 saturated heterocycles. The number of carbonyl (C=O) groups is 1. The Kier molecular flexibility index (Phi) is 5.48.